The number of carboxylic acid groups (broad SMARTS) is 2. The Bertz CT molecular complexity index is 1870. The molecule has 0 spiro atoms. The zero-order valence-electron chi connectivity index (χ0n) is 26.2. The molecule has 1 aliphatic heterocycles. The van der Waals surface area contributed by atoms with E-state index in [-0.39, 0.29) is 10.8 Å². The number of anilines is 3. The Hall–Kier alpha value is -4.62. The number of aromatic nitrogens is 5. The summed E-state index contributed by atoms with van der Waals surface area (Å²) in [7, 11) is 2.10. The number of halogens is 9. The predicted molar refractivity (Wildman–Crippen MR) is 172 cm³/mol. The fourth-order valence-corrected chi connectivity index (χ4v) is 5.17. The molecule has 4 N–H and O–H groups in total. The standard InChI is InChI=1S/C26H25Cl2FN8.2C2HF3O2/c1-37(17-5-7-30-8-6-17)26-21-18(14-2-3-14)13-32-23(28)22(21)35-24(36-26)15-4-9-31-20(10-15)34-25-19(29)11-16(27)12-33-25;2*3-2(4,5)1(6)7/h4,9-14,17,30H,2-3,5-8H2,1H3,(H,31,33,34);2*(H,6,7). The van der Waals surface area contributed by atoms with Crippen molar-refractivity contribution in [1.82, 2.24) is 30.2 Å². The molecule has 6 rings (SSSR count). The van der Waals surface area contributed by atoms with Crippen LogP contribution < -0.4 is 15.5 Å². The minimum Gasteiger partial charge on any atom is -0.475 e. The van der Waals surface area contributed by atoms with Crippen LogP contribution in [0.1, 0.15) is 37.2 Å². The minimum atomic E-state index is -5.08. The van der Waals surface area contributed by atoms with Crippen molar-refractivity contribution in [2.75, 3.05) is 30.4 Å². The number of nitrogens with zero attached hydrogens (tertiary/aromatic N) is 6. The average Bonchev–Trinajstić information content (AvgIpc) is 3.92. The van der Waals surface area contributed by atoms with Crippen molar-refractivity contribution < 1.29 is 50.5 Å². The number of hydrogen-bond donors (Lipinski definition) is 4. The van der Waals surface area contributed by atoms with E-state index < -0.39 is 30.1 Å². The second kappa shape index (κ2) is 16.2. The van der Waals surface area contributed by atoms with Crippen LogP contribution in [0.4, 0.5) is 48.2 Å². The monoisotopic (exact) mass is 766 g/mol. The molecule has 0 atom stereocenters. The second-order valence-electron chi connectivity index (χ2n) is 11.1. The van der Waals surface area contributed by atoms with Gasteiger partial charge in [0.15, 0.2) is 22.6 Å². The number of pyridine rings is 3. The van der Waals surface area contributed by atoms with Gasteiger partial charge in [0.1, 0.15) is 17.2 Å². The molecule has 0 amide bonds. The maximum absolute atomic E-state index is 14.3. The van der Waals surface area contributed by atoms with Gasteiger partial charge < -0.3 is 25.7 Å². The van der Waals surface area contributed by atoms with Gasteiger partial charge in [-0.25, -0.2) is 38.9 Å². The summed E-state index contributed by atoms with van der Waals surface area (Å²) in [6.45, 7) is 1.94. The summed E-state index contributed by atoms with van der Waals surface area (Å²) in [6.07, 6.45) is -0.978. The molecule has 0 unspecified atom stereocenters. The van der Waals surface area contributed by atoms with Crippen molar-refractivity contribution in [3.8, 4) is 11.4 Å². The lowest BCUT2D eigenvalue weighted by Gasteiger charge is -2.33. The lowest BCUT2D eigenvalue weighted by atomic mass is 10.0. The number of carbonyl (C=O) groups is 2. The molecule has 274 valence electrons. The average molecular weight is 767 g/mol. The van der Waals surface area contributed by atoms with E-state index in [1.165, 1.54) is 12.3 Å². The molecule has 0 bridgehead atoms. The second-order valence-corrected chi connectivity index (χ2v) is 11.9. The first kappa shape index (κ1) is 39.2. The summed E-state index contributed by atoms with van der Waals surface area (Å²) in [6, 6.07) is 5.12. The number of nitrogens with one attached hydrogen (secondary N) is 2. The molecule has 1 saturated carbocycles. The smallest absolute Gasteiger partial charge is 0.475 e. The minimum absolute atomic E-state index is 0.0288. The first-order valence-electron chi connectivity index (χ1n) is 14.8. The summed E-state index contributed by atoms with van der Waals surface area (Å²) >= 11 is 12.5. The van der Waals surface area contributed by atoms with Gasteiger partial charge in [0.2, 0.25) is 0 Å². The Morgan fingerprint density at radius 3 is 2.08 bits per heavy atom. The molecule has 4 aromatic rings. The van der Waals surface area contributed by atoms with Crippen LogP contribution >= 0.6 is 23.2 Å². The van der Waals surface area contributed by atoms with Gasteiger partial charge >= 0.3 is 24.3 Å². The van der Waals surface area contributed by atoms with Gasteiger partial charge in [-0.2, -0.15) is 26.3 Å². The largest absolute Gasteiger partial charge is 0.490 e. The van der Waals surface area contributed by atoms with Crippen LogP contribution in [0.2, 0.25) is 10.2 Å². The molecule has 5 heterocycles. The fraction of sp³-hybridized carbons (Fsp3) is 0.367. The normalized spacial score (nSPS) is 14.9. The summed E-state index contributed by atoms with van der Waals surface area (Å²) in [5.41, 5.74) is 2.51. The van der Waals surface area contributed by atoms with Crippen molar-refractivity contribution in [2.45, 2.75) is 50.0 Å². The lowest BCUT2D eigenvalue weighted by molar-refractivity contribution is -0.193. The van der Waals surface area contributed by atoms with E-state index in [9.17, 15) is 30.7 Å². The molecule has 0 aromatic carbocycles. The number of aliphatic carboxylic acids is 2. The fourth-order valence-electron chi connectivity index (χ4n) is 4.84. The maximum Gasteiger partial charge on any atom is 0.490 e. The Kier molecular flexibility index (Phi) is 12.4. The molecule has 12 nitrogen and oxygen atoms in total. The lowest BCUT2D eigenvalue weighted by Crippen LogP contribution is -2.41. The van der Waals surface area contributed by atoms with Gasteiger partial charge in [-0.15, -0.1) is 0 Å². The van der Waals surface area contributed by atoms with Gasteiger partial charge in [-0.05, 0) is 68.5 Å². The highest BCUT2D eigenvalue weighted by atomic mass is 35.5. The van der Waals surface area contributed by atoms with Gasteiger partial charge in [-0.1, -0.05) is 23.2 Å². The summed E-state index contributed by atoms with van der Waals surface area (Å²) < 4.78 is 77.8. The van der Waals surface area contributed by atoms with Crippen LogP contribution in [0.25, 0.3) is 22.3 Å². The van der Waals surface area contributed by atoms with E-state index >= 15 is 0 Å². The highest BCUT2D eigenvalue weighted by Crippen LogP contribution is 2.46. The molecule has 21 heteroatoms. The van der Waals surface area contributed by atoms with Gasteiger partial charge in [0.05, 0.1) is 10.4 Å². The van der Waals surface area contributed by atoms with Crippen LogP contribution in [0.5, 0.6) is 0 Å². The number of hydrogen-bond acceptors (Lipinski definition) is 10. The molecule has 4 aromatic heterocycles. The Balaban J connectivity index is 0.000000353. The summed E-state index contributed by atoms with van der Waals surface area (Å²) in [5.74, 6) is -3.84. The van der Waals surface area contributed by atoms with Crippen molar-refractivity contribution in [1.29, 1.82) is 0 Å². The Morgan fingerprint density at radius 2 is 1.53 bits per heavy atom. The van der Waals surface area contributed by atoms with E-state index in [4.69, 9.17) is 53.0 Å². The highest BCUT2D eigenvalue weighted by molar-refractivity contribution is 6.34. The van der Waals surface area contributed by atoms with Crippen molar-refractivity contribution in [2.24, 2.45) is 0 Å². The van der Waals surface area contributed by atoms with Crippen molar-refractivity contribution in [3.63, 3.8) is 0 Å². The predicted octanol–water partition coefficient (Wildman–Crippen LogP) is 7.00. The van der Waals surface area contributed by atoms with Crippen LogP contribution in [-0.2, 0) is 9.59 Å². The van der Waals surface area contributed by atoms with Crippen LogP contribution in [0.15, 0.2) is 36.8 Å². The summed E-state index contributed by atoms with van der Waals surface area (Å²) in [4.78, 5) is 42.8. The van der Waals surface area contributed by atoms with E-state index in [2.05, 4.69) is 37.5 Å². The molecule has 0 radical (unpaired) electrons. The number of fused-ring (bicyclic) bond motifs is 1. The molecule has 2 fully saturated rings. The van der Waals surface area contributed by atoms with Crippen molar-refractivity contribution in [3.05, 3.63) is 58.3 Å². The Labute approximate surface area is 294 Å². The number of rotatable bonds is 6. The molecule has 51 heavy (non-hydrogen) atoms. The molecule has 2 aliphatic rings. The van der Waals surface area contributed by atoms with E-state index in [0.717, 1.165) is 55.5 Å². The first-order valence-corrected chi connectivity index (χ1v) is 15.6. The van der Waals surface area contributed by atoms with Crippen molar-refractivity contribution >= 4 is 63.5 Å². The van der Waals surface area contributed by atoms with Crippen LogP contribution in [-0.4, -0.2) is 85.6 Å². The first-order chi connectivity index (χ1) is 23.9. The molecule has 1 saturated heterocycles. The van der Waals surface area contributed by atoms with E-state index in [0.29, 0.717) is 39.8 Å². The Morgan fingerprint density at radius 1 is 0.922 bits per heavy atom. The quantitative estimate of drug-likeness (QED) is 0.117. The van der Waals surface area contributed by atoms with Gasteiger partial charge in [0.25, 0.3) is 0 Å². The molecular weight excluding hydrogens is 740 g/mol. The number of alkyl halides is 6. The topological polar surface area (TPSA) is 166 Å². The van der Waals surface area contributed by atoms with Crippen LogP contribution in [0.3, 0.4) is 0 Å². The summed E-state index contributed by atoms with van der Waals surface area (Å²) in [5, 5.41) is 22.1. The molecular formula is C30H27Cl2F7N8O4. The molecule has 1 aliphatic carbocycles. The SMILES string of the molecule is CN(c1nc(-c2ccnc(Nc3ncc(Cl)cc3F)c2)nc2c(Cl)ncc(C3CC3)c12)C1CCNCC1.O=C(O)C(F)(F)F.O=C(O)C(F)(F)F. The number of piperidine rings is 1. The highest BCUT2D eigenvalue weighted by Gasteiger charge is 2.39. The van der Waals surface area contributed by atoms with E-state index in [1.807, 2.05) is 12.3 Å². The number of carboxylic acids is 2. The van der Waals surface area contributed by atoms with Gasteiger partial charge in [-0.3, -0.25) is 0 Å². The third-order valence-electron chi connectivity index (χ3n) is 7.46. The third-order valence-corrected chi connectivity index (χ3v) is 7.94. The zero-order chi connectivity index (χ0) is 37.7. The van der Waals surface area contributed by atoms with E-state index in [1.54, 1.807) is 12.3 Å². The van der Waals surface area contributed by atoms with Crippen LogP contribution in [0, 0.1) is 5.82 Å². The third kappa shape index (κ3) is 10.5. The zero-order valence-corrected chi connectivity index (χ0v) is 27.7. The van der Waals surface area contributed by atoms with Gasteiger partial charge in [0, 0.05) is 37.2 Å². The maximum atomic E-state index is 14.3.